The minimum absolute atomic E-state index is 0.315. The monoisotopic (exact) mass is 282 g/mol. The molecule has 1 N–H and O–H groups in total. The maximum absolute atomic E-state index is 12.8. The number of rotatable bonds is 6. The molecular weight excluding hydrogens is 259 g/mol. The first-order valence-electron chi connectivity index (χ1n) is 7.25. The van der Waals surface area contributed by atoms with E-state index in [1.54, 1.807) is 0 Å². The summed E-state index contributed by atoms with van der Waals surface area (Å²) < 4.78 is 18.5. The molecule has 0 bridgehead atoms. The fourth-order valence-electron chi connectivity index (χ4n) is 2.47. The first-order chi connectivity index (χ1) is 9.65. The maximum atomic E-state index is 12.8. The van der Waals surface area contributed by atoms with Gasteiger partial charge >= 0.3 is 0 Å². The van der Waals surface area contributed by atoms with Crippen molar-refractivity contribution < 1.29 is 14.2 Å². The summed E-state index contributed by atoms with van der Waals surface area (Å²) in [4.78, 5) is 6.07. The highest BCUT2D eigenvalue weighted by molar-refractivity contribution is 5.07. The molecule has 20 heavy (non-hydrogen) atoms. The standard InChI is InChI=1S/C15H23FN2O2/c1-18(11-13-4-2-3-9-20-13)8-7-15(19)14-6-5-12(16)10-17-14/h5-6,10,13,15,19H,2-4,7-9,11H2,1H3. The summed E-state index contributed by atoms with van der Waals surface area (Å²) in [6.07, 6.45) is 4.91. The van der Waals surface area contributed by atoms with Gasteiger partial charge in [0.1, 0.15) is 5.82 Å². The zero-order chi connectivity index (χ0) is 14.4. The number of ether oxygens (including phenoxy) is 1. The van der Waals surface area contributed by atoms with Gasteiger partial charge in [-0.1, -0.05) is 0 Å². The van der Waals surface area contributed by atoms with Gasteiger partial charge in [-0.3, -0.25) is 4.98 Å². The van der Waals surface area contributed by atoms with Crippen molar-refractivity contribution in [3.05, 3.63) is 29.8 Å². The van der Waals surface area contributed by atoms with Crippen LogP contribution in [0.15, 0.2) is 18.3 Å². The summed E-state index contributed by atoms with van der Waals surface area (Å²) in [5, 5.41) is 10.0. The number of hydrogen-bond acceptors (Lipinski definition) is 4. The Hall–Kier alpha value is -1.04. The number of hydrogen-bond donors (Lipinski definition) is 1. The lowest BCUT2D eigenvalue weighted by Crippen LogP contribution is -2.34. The molecule has 2 unspecified atom stereocenters. The van der Waals surface area contributed by atoms with Gasteiger partial charge in [-0.15, -0.1) is 0 Å². The Morgan fingerprint density at radius 1 is 1.50 bits per heavy atom. The van der Waals surface area contributed by atoms with E-state index >= 15 is 0 Å². The van der Waals surface area contributed by atoms with Gasteiger partial charge in [-0.25, -0.2) is 4.39 Å². The second-order valence-electron chi connectivity index (χ2n) is 5.46. The van der Waals surface area contributed by atoms with E-state index < -0.39 is 6.10 Å². The number of halogens is 1. The fourth-order valence-corrected chi connectivity index (χ4v) is 2.47. The molecule has 1 fully saturated rings. The van der Waals surface area contributed by atoms with E-state index in [1.165, 1.54) is 18.6 Å². The number of aliphatic hydroxyl groups excluding tert-OH is 1. The van der Waals surface area contributed by atoms with E-state index in [4.69, 9.17) is 4.74 Å². The highest BCUT2D eigenvalue weighted by atomic mass is 19.1. The Kier molecular flexibility index (Phi) is 5.88. The zero-order valence-corrected chi connectivity index (χ0v) is 12.0. The molecule has 2 rings (SSSR count). The van der Waals surface area contributed by atoms with E-state index in [1.807, 2.05) is 7.05 Å². The minimum atomic E-state index is -0.648. The van der Waals surface area contributed by atoms with Crippen LogP contribution in [0.4, 0.5) is 4.39 Å². The van der Waals surface area contributed by atoms with Gasteiger partial charge in [0.2, 0.25) is 0 Å². The smallest absolute Gasteiger partial charge is 0.141 e. The van der Waals surface area contributed by atoms with Crippen LogP contribution in [0, 0.1) is 5.82 Å². The number of nitrogens with zero attached hydrogens (tertiary/aromatic N) is 2. The minimum Gasteiger partial charge on any atom is -0.387 e. The molecule has 0 amide bonds. The Balaban J connectivity index is 1.71. The predicted molar refractivity (Wildman–Crippen MR) is 74.9 cm³/mol. The van der Waals surface area contributed by atoms with Crippen molar-refractivity contribution in [2.75, 3.05) is 26.7 Å². The molecular formula is C15H23FN2O2. The highest BCUT2D eigenvalue weighted by Gasteiger charge is 2.17. The van der Waals surface area contributed by atoms with Crippen LogP contribution in [0.1, 0.15) is 37.5 Å². The Bertz CT molecular complexity index is 393. The third-order valence-electron chi connectivity index (χ3n) is 3.67. The van der Waals surface area contributed by atoms with E-state index in [2.05, 4.69) is 9.88 Å². The third kappa shape index (κ3) is 4.81. The second-order valence-corrected chi connectivity index (χ2v) is 5.46. The van der Waals surface area contributed by atoms with Gasteiger partial charge < -0.3 is 14.7 Å². The van der Waals surface area contributed by atoms with Crippen LogP contribution in [-0.4, -0.2) is 47.8 Å². The molecule has 2 atom stereocenters. The summed E-state index contributed by atoms with van der Waals surface area (Å²) in [5.74, 6) is -0.382. The van der Waals surface area contributed by atoms with Gasteiger partial charge in [0.05, 0.1) is 24.1 Å². The lowest BCUT2D eigenvalue weighted by Gasteiger charge is -2.27. The largest absolute Gasteiger partial charge is 0.387 e. The molecule has 112 valence electrons. The van der Waals surface area contributed by atoms with Crippen LogP contribution in [0.5, 0.6) is 0 Å². The summed E-state index contributed by atoms with van der Waals surface area (Å²) in [7, 11) is 2.03. The number of likely N-dealkylation sites (N-methyl/N-ethyl adjacent to an activating group) is 1. The molecule has 1 aromatic rings. The van der Waals surface area contributed by atoms with Gasteiger partial charge in [-0.2, -0.15) is 0 Å². The predicted octanol–water partition coefficient (Wildman–Crippen LogP) is 2.15. The number of aromatic nitrogens is 1. The van der Waals surface area contributed by atoms with Gasteiger partial charge in [0, 0.05) is 19.7 Å². The molecule has 0 saturated carbocycles. The summed E-state index contributed by atoms with van der Waals surface area (Å²) in [6, 6.07) is 2.86. The van der Waals surface area contributed by atoms with Crippen molar-refractivity contribution in [3.8, 4) is 0 Å². The van der Waals surface area contributed by atoms with Crippen LogP contribution < -0.4 is 0 Å². The van der Waals surface area contributed by atoms with Crippen LogP contribution in [0.3, 0.4) is 0 Å². The summed E-state index contributed by atoms with van der Waals surface area (Å²) in [6.45, 7) is 2.52. The van der Waals surface area contributed by atoms with Crippen molar-refractivity contribution in [3.63, 3.8) is 0 Å². The number of pyridine rings is 1. The summed E-state index contributed by atoms with van der Waals surface area (Å²) in [5.41, 5.74) is 0.522. The van der Waals surface area contributed by atoms with E-state index in [9.17, 15) is 9.50 Å². The van der Waals surface area contributed by atoms with Crippen LogP contribution in [0.2, 0.25) is 0 Å². The molecule has 1 aliphatic heterocycles. The molecule has 1 aliphatic rings. The van der Waals surface area contributed by atoms with E-state index in [0.717, 1.165) is 38.7 Å². The molecule has 4 nitrogen and oxygen atoms in total. The maximum Gasteiger partial charge on any atom is 0.141 e. The molecule has 1 aromatic heterocycles. The SMILES string of the molecule is CN(CCC(O)c1ccc(F)cn1)CC1CCCCO1. The lowest BCUT2D eigenvalue weighted by atomic mass is 10.1. The molecule has 0 spiro atoms. The number of aliphatic hydroxyl groups is 1. The zero-order valence-electron chi connectivity index (χ0n) is 12.0. The summed E-state index contributed by atoms with van der Waals surface area (Å²) >= 11 is 0. The Morgan fingerprint density at radius 3 is 3.00 bits per heavy atom. The second kappa shape index (κ2) is 7.67. The molecule has 0 radical (unpaired) electrons. The van der Waals surface area contributed by atoms with Gasteiger partial charge in [0.15, 0.2) is 0 Å². The first kappa shape index (κ1) is 15.4. The Labute approximate surface area is 119 Å². The van der Waals surface area contributed by atoms with Crippen molar-refractivity contribution in [2.45, 2.75) is 37.9 Å². The molecule has 1 saturated heterocycles. The fraction of sp³-hybridized carbons (Fsp3) is 0.667. The van der Waals surface area contributed by atoms with Crippen LogP contribution in [-0.2, 0) is 4.74 Å². The Morgan fingerprint density at radius 2 is 2.35 bits per heavy atom. The van der Waals surface area contributed by atoms with Crippen molar-refractivity contribution >= 4 is 0 Å². The van der Waals surface area contributed by atoms with Gasteiger partial charge in [-0.05, 0) is 44.9 Å². The van der Waals surface area contributed by atoms with E-state index in [-0.39, 0.29) is 5.82 Å². The molecule has 2 heterocycles. The molecule has 0 aliphatic carbocycles. The van der Waals surface area contributed by atoms with Crippen LogP contribution >= 0.6 is 0 Å². The molecule has 5 heteroatoms. The normalized spacial score (nSPS) is 21.1. The first-order valence-corrected chi connectivity index (χ1v) is 7.25. The highest BCUT2D eigenvalue weighted by Crippen LogP contribution is 2.16. The van der Waals surface area contributed by atoms with Crippen LogP contribution in [0.25, 0.3) is 0 Å². The van der Waals surface area contributed by atoms with Gasteiger partial charge in [0.25, 0.3) is 0 Å². The average molecular weight is 282 g/mol. The average Bonchev–Trinajstić information content (AvgIpc) is 2.46. The quantitative estimate of drug-likeness (QED) is 0.868. The third-order valence-corrected chi connectivity index (χ3v) is 3.67. The molecule has 0 aromatic carbocycles. The van der Waals surface area contributed by atoms with Crippen molar-refractivity contribution in [2.24, 2.45) is 0 Å². The van der Waals surface area contributed by atoms with Crippen molar-refractivity contribution in [1.29, 1.82) is 0 Å². The topological polar surface area (TPSA) is 45.6 Å². The van der Waals surface area contributed by atoms with Crippen molar-refractivity contribution in [1.82, 2.24) is 9.88 Å². The van der Waals surface area contributed by atoms with E-state index in [0.29, 0.717) is 18.2 Å². The lowest BCUT2D eigenvalue weighted by molar-refractivity contribution is -0.00334.